The maximum atomic E-state index is 12.3. The van der Waals surface area contributed by atoms with Crippen LogP contribution < -0.4 is 0 Å². The van der Waals surface area contributed by atoms with Crippen LogP contribution in [0.5, 0.6) is 0 Å². The number of nitro benzene ring substituents is 1. The van der Waals surface area contributed by atoms with Crippen LogP contribution in [0.3, 0.4) is 0 Å². The first-order chi connectivity index (χ1) is 14.6. The van der Waals surface area contributed by atoms with E-state index in [0.29, 0.717) is 36.7 Å². The third-order valence-electron chi connectivity index (χ3n) is 10.5. The number of fused-ring (bicyclic) bond motifs is 5. The minimum Gasteiger partial charge on any atom is -0.393 e. The highest BCUT2D eigenvalue weighted by atomic mass is 16.6. The topological polar surface area (TPSA) is 104 Å². The van der Waals surface area contributed by atoms with Crippen molar-refractivity contribution >= 4 is 5.69 Å². The van der Waals surface area contributed by atoms with E-state index in [9.17, 15) is 25.4 Å². The van der Waals surface area contributed by atoms with Gasteiger partial charge in [-0.05, 0) is 87.0 Å². The third kappa shape index (κ3) is 2.61. The Hall–Kier alpha value is -1.50. The number of rotatable bonds is 2. The molecule has 0 saturated heterocycles. The van der Waals surface area contributed by atoms with E-state index in [1.54, 1.807) is 18.2 Å². The van der Waals surface area contributed by atoms with Gasteiger partial charge in [-0.1, -0.05) is 26.0 Å². The Morgan fingerprint density at radius 2 is 1.71 bits per heavy atom. The number of aliphatic hydroxyl groups excluding tert-OH is 1. The summed E-state index contributed by atoms with van der Waals surface area (Å²) in [6, 6.07) is 6.50. The Kier molecular flexibility index (Phi) is 4.65. The lowest BCUT2D eigenvalue weighted by Gasteiger charge is -2.64. The first-order valence-corrected chi connectivity index (χ1v) is 11.9. The molecule has 170 valence electrons. The highest BCUT2D eigenvalue weighted by Crippen LogP contribution is 2.72. The number of nitro groups is 1. The van der Waals surface area contributed by atoms with Gasteiger partial charge in [0, 0.05) is 11.5 Å². The summed E-state index contributed by atoms with van der Waals surface area (Å²) in [5.41, 5.74) is -2.90. The third-order valence-corrected chi connectivity index (χ3v) is 10.5. The van der Waals surface area contributed by atoms with Crippen LogP contribution in [0.1, 0.15) is 77.2 Å². The first-order valence-electron chi connectivity index (χ1n) is 11.9. The molecular formula is C25H35NO5. The van der Waals surface area contributed by atoms with Crippen molar-refractivity contribution in [2.45, 2.75) is 88.9 Å². The number of benzene rings is 1. The molecule has 0 heterocycles. The zero-order valence-electron chi connectivity index (χ0n) is 18.6. The summed E-state index contributed by atoms with van der Waals surface area (Å²) in [6.45, 7) is 4.32. The molecule has 6 heteroatoms. The number of para-hydroxylation sites is 1. The molecule has 1 aromatic rings. The van der Waals surface area contributed by atoms with Crippen LogP contribution in [-0.4, -0.2) is 31.9 Å². The molecule has 4 aliphatic carbocycles. The number of aliphatic hydroxyl groups is 3. The van der Waals surface area contributed by atoms with Crippen molar-refractivity contribution in [3.05, 3.63) is 39.9 Å². The summed E-state index contributed by atoms with van der Waals surface area (Å²) in [7, 11) is 0. The van der Waals surface area contributed by atoms with E-state index in [1.807, 2.05) is 6.92 Å². The lowest BCUT2D eigenvalue weighted by molar-refractivity contribution is -0.387. The normalized spacial score (nSPS) is 49.1. The summed E-state index contributed by atoms with van der Waals surface area (Å²) in [5, 5.41) is 46.3. The Morgan fingerprint density at radius 3 is 2.45 bits per heavy atom. The highest BCUT2D eigenvalue weighted by molar-refractivity contribution is 5.47. The van der Waals surface area contributed by atoms with Crippen molar-refractivity contribution in [3.8, 4) is 0 Å². The molecule has 8 atom stereocenters. The van der Waals surface area contributed by atoms with Gasteiger partial charge in [0.15, 0.2) is 0 Å². The van der Waals surface area contributed by atoms with Crippen LogP contribution in [0.2, 0.25) is 0 Å². The van der Waals surface area contributed by atoms with Crippen molar-refractivity contribution in [2.24, 2.45) is 28.6 Å². The van der Waals surface area contributed by atoms with Gasteiger partial charge in [0.05, 0.1) is 22.2 Å². The van der Waals surface area contributed by atoms with Crippen LogP contribution in [0.25, 0.3) is 0 Å². The zero-order chi connectivity index (χ0) is 22.2. The van der Waals surface area contributed by atoms with E-state index in [4.69, 9.17) is 0 Å². The summed E-state index contributed by atoms with van der Waals surface area (Å²) in [6.07, 6.45) is 6.73. The van der Waals surface area contributed by atoms with Gasteiger partial charge in [0.25, 0.3) is 5.69 Å². The molecule has 3 N–H and O–H groups in total. The van der Waals surface area contributed by atoms with Crippen molar-refractivity contribution in [3.63, 3.8) is 0 Å². The lowest BCUT2D eigenvalue weighted by atomic mass is 9.42. The van der Waals surface area contributed by atoms with E-state index in [0.717, 1.165) is 38.5 Å². The minimum atomic E-state index is -1.42. The smallest absolute Gasteiger partial charge is 0.275 e. The van der Waals surface area contributed by atoms with E-state index < -0.39 is 21.5 Å². The Bertz CT molecular complexity index is 906. The van der Waals surface area contributed by atoms with Crippen LogP contribution in [0.4, 0.5) is 5.69 Å². The Labute approximate surface area is 183 Å². The average Bonchev–Trinajstić information content (AvgIpc) is 2.96. The maximum absolute atomic E-state index is 12.3. The molecule has 4 saturated carbocycles. The van der Waals surface area contributed by atoms with Gasteiger partial charge in [0.1, 0.15) is 5.60 Å². The predicted octanol–water partition coefficient (Wildman–Crippen LogP) is 4.30. The van der Waals surface area contributed by atoms with E-state index >= 15 is 0 Å². The molecule has 0 radical (unpaired) electrons. The van der Waals surface area contributed by atoms with Gasteiger partial charge in [-0.15, -0.1) is 0 Å². The SMILES string of the molecule is C[C@]12CC[C@H](O)C[C@H]1CC[C@@H]1[C@@H]2CC[C@]2(C)[C@@](O)(c3ccccc3[N+](=O)[O-])CC[C@]12O. The molecule has 6 nitrogen and oxygen atoms in total. The summed E-state index contributed by atoms with van der Waals surface area (Å²) >= 11 is 0. The van der Waals surface area contributed by atoms with Crippen LogP contribution in [-0.2, 0) is 5.60 Å². The fraction of sp³-hybridized carbons (Fsp3) is 0.760. The molecule has 0 spiro atoms. The molecule has 5 rings (SSSR count). The number of hydrogen-bond acceptors (Lipinski definition) is 5. The quantitative estimate of drug-likeness (QED) is 0.480. The molecule has 4 fully saturated rings. The van der Waals surface area contributed by atoms with Crippen molar-refractivity contribution < 1.29 is 20.2 Å². The second kappa shape index (κ2) is 6.75. The van der Waals surface area contributed by atoms with Gasteiger partial charge >= 0.3 is 0 Å². The van der Waals surface area contributed by atoms with Crippen LogP contribution in [0.15, 0.2) is 24.3 Å². The van der Waals surface area contributed by atoms with E-state index in [2.05, 4.69) is 6.92 Å². The standard InChI is InChI=1S/C25H35NO5/c1-22-11-9-17(27)15-16(22)7-8-19-18(22)10-12-23(2)24(19,28)13-14-25(23,29)20-5-3-4-6-21(20)26(30)31/h3-6,16-19,27-29H,7-15H2,1-2H3/t16-,17+,18+,19-,22+,23+,24+,25+/m1/s1. The molecule has 1 aromatic carbocycles. The zero-order valence-corrected chi connectivity index (χ0v) is 18.6. The fourth-order valence-corrected chi connectivity index (χ4v) is 8.63. The van der Waals surface area contributed by atoms with Gasteiger partial charge in [0.2, 0.25) is 0 Å². The number of nitrogens with zero attached hydrogens (tertiary/aromatic N) is 1. The largest absolute Gasteiger partial charge is 0.393 e. The Morgan fingerprint density at radius 1 is 0.968 bits per heavy atom. The molecule has 0 amide bonds. The van der Waals surface area contributed by atoms with Crippen molar-refractivity contribution in [1.82, 2.24) is 0 Å². The number of hydrogen-bond donors (Lipinski definition) is 3. The Balaban J connectivity index is 1.55. The van der Waals surface area contributed by atoms with Gasteiger partial charge in [-0.25, -0.2) is 0 Å². The lowest BCUT2D eigenvalue weighted by Crippen LogP contribution is -2.64. The predicted molar refractivity (Wildman–Crippen MR) is 116 cm³/mol. The molecule has 0 bridgehead atoms. The van der Waals surface area contributed by atoms with Crippen molar-refractivity contribution in [1.29, 1.82) is 0 Å². The van der Waals surface area contributed by atoms with Gasteiger partial charge in [-0.3, -0.25) is 10.1 Å². The van der Waals surface area contributed by atoms with Crippen molar-refractivity contribution in [2.75, 3.05) is 0 Å². The second-order valence-corrected chi connectivity index (χ2v) is 11.4. The summed E-state index contributed by atoms with van der Waals surface area (Å²) < 4.78 is 0. The van der Waals surface area contributed by atoms with Gasteiger partial charge in [-0.2, -0.15) is 0 Å². The van der Waals surface area contributed by atoms with E-state index in [1.165, 1.54) is 6.07 Å². The highest BCUT2D eigenvalue weighted by Gasteiger charge is 2.72. The maximum Gasteiger partial charge on any atom is 0.275 e. The molecule has 31 heavy (non-hydrogen) atoms. The molecule has 0 unspecified atom stereocenters. The first kappa shape index (κ1) is 21.4. The van der Waals surface area contributed by atoms with Gasteiger partial charge < -0.3 is 15.3 Å². The van der Waals surface area contributed by atoms with Crippen LogP contribution >= 0.6 is 0 Å². The monoisotopic (exact) mass is 429 g/mol. The second-order valence-electron chi connectivity index (χ2n) is 11.4. The molecule has 0 aliphatic heterocycles. The van der Waals surface area contributed by atoms with E-state index in [-0.39, 0.29) is 23.1 Å². The molecule has 0 aromatic heterocycles. The fourth-order valence-electron chi connectivity index (χ4n) is 8.63. The van der Waals surface area contributed by atoms with Crippen LogP contribution in [0, 0.1) is 38.7 Å². The molecule has 4 aliphatic rings. The average molecular weight is 430 g/mol. The molecular weight excluding hydrogens is 394 g/mol. The summed E-state index contributed by atoms with van der Waals surface area (Å²) in [5.74, 6) is 0.936. The minimum absolute atomic E-state index is 0.0606. The summed E-state index contributed by atoms with van der Waals surface area (Å²) in [4.78, 5) is 11.3.